The summed E-state index contributed by atoms with van der Waals surface area (Å²) in [4.78, 5) is 2.41. The van der Waals surface area contributed by atoms with Gasteiger partial charge in [-0.25, -0.2) is 0 Å². The second-order valence-corrected chi connectivity index (χ2v) is 15.6. The van der Waals surface area contributed by atoms with Crippen molar-refractivity contribution >= 4 is 70.4 Å². The molecule has 0 radical (unpaired) electrons. The first-order valence-electron chi connectivity index (χ1n) is 19.4. The van der Waals surface area contributed by atoms with E-state index in [1.165, 1.54) is 86.7 Å². The van der Waals surface area contributed by atoms with Crippen LogP contribution in [0.3, 0.4) is 0 Å². The highest BCUT2D eigenvalue weighted by atomic mass is 32.1. The van der Waals surface area contributed by atoms with E-state index >= 15 is 0 Å². The summed E-state index contributed by atoms with van der Waals surface area (Å²) < 4.78 is 4.96. The third-order valence-electron chi connectivity index (χ3n) is 11.2. The van der Waals surface area contributed by atoms with Crippen LogP contribution in [0.1, 0.15) is 0 Å². The van der Waals surface area contributed by atoms with Crippen LogP contribution in [0.25, 0.3) is 81.0 Å². The summed E-state index contributed by atoms with van der Waals surface area (Å²) in [5.74, 6) is 0. The Morgan fingerprint density at radius 2 is 0.825 bits per heavy atom. The number of hydrogen-bond donors (Lipinski definition) is 0. The minimum absolute atomic E-state index is 1.12. The first-order valence-corrected chi connectivity index (χ1v) is 20.2. The van der Waals surface area contributed by atoms with Crippen molar-refractivity contribution < 1.29 is 0 Å². The molecule has 11 rings (SSSR count). The van der Waals surface area contributed by atoms with Gasteiger partial charge in [-0.3, -0.25) is 0 Å². The van der Waals surface area contributed by atoms with Gasteiger partial charge in [0.25, 0.3) is 0 Å². The third-order valence-corrected chi connectivity index (χ3v) is 12.4. The maximum atomic E-state index is 2.41. The molecule has 2 aromatic heterocycles. The lowest BCUT2D eigenvalue weighted by Crippen LogP contribution is -2.10. The van der Waals surface area contributed by atoms with Crippen LogP contribution in [0.15, 0.2) is 218 Å². The number of nitrogens with zero attached hydrogens (tertiary/aromatic N) is 2. The fourth-order valence-electron chi connectivity index (χ4n) is 8.47. The molecule has 11 aromatic rings. The zero-order valence-corrected chi connectivity index (χ0v) is 31.9. The molecule has 2 nitrogen and oxygen atoms in total. The van der Waals surface area contributed by atoms with Gasteiger partial charge in [-0.15, -0.1) is 11.3 Å². The summed E-state index contributed by atoms with van der Waals surface area (Å²) in [5, 5.41) is 5.10. The van der Waals surface area contributed by atoms with Crippen LogP contribution >= 0.6 is 11.3 Å². The molecule has 268 valence electrons. The predicted molar refractivity (Wildman–Crippen MR) is 245 cm³/mol. The Labute approximate surface area is 335 Å². The Balaban J connectivity index is 0.951. The fourth-order valence-corrected chi connectivity index (χ4v) is 9.60. The Kier molecular flexibility index (Phi) is 8.04. The first-order chi connectivity index (χ1) is 28.3. The molecule has 0 unspecified atom stereocenters. The van der Waals surface area contributed by atoms with Gasteiger partial charge in [-0.2, -0.15) is 0 Å². The molecular formula is C54H36N2S. The van der Waals surface area contributed by atoms with Gasteiger partial charge in [-0.05, 0) is 106 Å². The van der Waals surface area contributed by atoms with Gasteiger partial charge in [0.15, 0.2) is 0 Å². The molecule has 0 saturated carbocycles. The Bertz CT molecular complexity index is 3200. The molecule has 2 heterocycles. The van der Waals surface area contributed by atoms with Crippen molar-refractivity contribution in [1.82, 2.24) is 4.57 Å². The van der Waals surface area contributed by atoms with Crippen molar-refractivity contribution in [2.45, 2.75) is 0 Å². The fraction of sp³-hybridized carbons (Fsp3) is 0. The van der Waals surface area contributed by atoms with Crippen LogP contribution < -0.4 is 4.90 Å². The van der Waals surface area contributed by atoms with E-state index in [1.54, 1.807) is 0 Å². The summed E-state index contributed by atoms with van der Waals surface area (Å²) in [7, 11) is 0. The van der Waals surface area contributed by atoms with Gasteiger partial charge < -0.3 is 9.47 Å². The van der Waals surface area contributed by atoms with Crippen molar-refractivity contribution in [2.75, 3.05) is 4.90 Å². The van der Waals surface area contributed by atoms with Gasteiger partial charge in [0.1, 0.15) is 0 Å². The lowest BCUT2D eigenvalue weighted by atomic mass is 9.98. The van der Waals surface area contributed by atoms with Crippen molar-refractivity contribution in [3.63, 3.8) is 0 Å². The monoisotopic (exact) mass is 744 g/mol. The van der Waals surface area contributed by atoms with Crippen LogP contribution in [0.5, 0.6) is 0 Å². The molecule has 3 heteroatoms. The van der Waals surface area contributed by atoms with Gasteiger partial charge >= 0.3 is 0 Å². The Morgan fingerprint density at radius 3 is 1.51 bits per heavy atom. The molecule has 0 saturated heterocycles. The number of para-hydroxylation sites is 2. The second-order valence-electron chi connectivity index (χ2n) is 14.5. The van der Waals surface area contributed by atoms with Crippen molar-refractivity contribution in [1.29, 1.82) is 0 Å². The lowest BCUT2D eigenvalue weighted by molar-refractivity contribution is 1.18. The maximum absolute atomic E-state index is 2.41. The molecular weight excluding hydrogens is 709 g/mol. The summed E-state index contributed by atoms with van der Waals surface area (Å²) in [6, 6.07) is 79.3. The molecule has 0 aliphatic rings. The number of hydrogen-bond acceptors (Lipinski definition) is 2. The quantitative estimate of drug-likeness (QED) is 0.158. The van der Waals surface area contributed by atoms with Crippen molar-refractivity contribution in [2.24, 2.45) is 0 Å². The van der Waals surface area contributed by atoms with E-state index < -0.39 is 0 Å². The third kappa shape index (κ3) is 5.80. The van der Waals surface area contributed by atoms with Gasteiger partial charge in [-0.1, -0.05) is 146 Å². The number of thiophene rings is 1. The van der Waals surface area contributed by atoms with E-state index in [9.17, 15) is 0 Å². The maximum Gasteiger partial charge on any atom is 0.0554 e. The smallest absolute Gasteiger partial charge is 0.0554 e. The summed E-state index contributed by atoms with van der Waals surface area (Å²) in [5.41, 5.74) is 14.2. The molecule has 9 aromatic carbocycles. The molecule has 0 fully saturated rings. The highest BCUT2D eigenvalue weighted by Crippen LogP contribution is 2.45. The summed E-state index contributed by atoms with van der Waals surface area (Å²) in [6.45, 7) is 0. The second kappa shape index (κ2) is 13.8. The SMILES string of the molecule is c1ccc(-c2ccc(N(c3ccc(-c4ccc(-c5ccc6c(c5)c5ccccc5n6-c5ccccc5)cc4)cc3)c3cccc4sc5ccccc5c34)cc2)cc1. The van der Waals surface area contributed by atoms with Crippen LogP contribution in [-0.4, -0.2) is 4.57 Å². The van der Waals surface area contributed by atoms with E-state index in [0.717, 1.165) is 11.4 Å². The molecule has 0 aliphatic heterocycles. The van der Waals surface area contributed by atoms with E-state index in [4.69, 9.17) is 0 Å². The van der Waals surface area contributed by atoms with E-state index in [-0.39, 0.29) is 0 Å². The number of fused-ring (bicyclic) bond motifs is 6. The number of benzene rings is 9. The number of anilines is 3. The zero-order chi connectivity index (χ0) is 37.7. The standard InChI is InChI=1S/C54H36N2S/c1-3-12-37(13-4-1)39-26-31-44(32-27-39)55(51-19-11-21-53-54(51)47-17-8-10-20-52(47)57-53)45-33-28-40(29-34-45)38-22-24-41(25-23-38)42-30-35-50-48(36-42)46-16-7-9-18-49(46)56(50)43-14-5-2-6-15-43/h1-36H. The van der Waals surface area contributed by atoms with Gasteiger partial charge in [0, 0.05) is 48.0 Å². The van der Waals surface area contributed by atoms with Gasteiger partial charge in [0.05, 0.1) is 16.7 Å². The highest BCUT2D eigenvalue weighted by molar-refractivity contribution is 7.26. The number of aromatic nitrogens is 1. The van der Waals surface area contributed by atoms with Crippen LogP contribution in [-0.2, 0) is 0 Å². The summed E-state index contributed by atoms with van der Waals surface area (Å²) in [6.07, 6.45) is 0. The molecule has 0 N–H and O–H groups in total. The van der Waals surface area contributed by atoms with Gasteiger partial charge in [0.2, 0.25) is 0 Å². The molecule has 57 heavy (non-hydrogen) atoms. The zero-order valence-electron chi connectivity index (χ0n) is 31.1. The largest absolute Gasteiger partial charge is 0.310 e. The van der Waals surface area contributed by atoms with Crippen LogP contribution in [0, 0.1) is 0 Å². The molecule has 0 bridgehead atoms. The number of rotatable bonds is 7. The molecule has 0 aliphatic carbocycles. The molecule has 0 spiro atoms. The van der Waals surface area contributed by atoms with Crippen molar-refractivity contribution in [3.8, 4) is 39.1 Å². The van der Waals surface area contributed by atoms with E-state index in [2.05, 4.69) is 228 Å². The Hall–Kier alpha value is -7.20. The highest BCUT2D eigenvalue weighted by Gasteiger charge is 2.19. The average molecular weight is 745 g/mol. The van der Waals surface area contributed by atoms with Crippen molar-refractivity contribution in [3.05, 3.63) is 218 Å². The van der Waals surface area contributed by atoms with Crippen LogP contribution in [0.4, 0.5) is 17.1 Å². The minimum Gasteiger partial charge on any atom is -0.310 e. The molecule has 0 atom stereocenters. The first kappa shape index (κ1) is 33.2. The Morgan fingerprint density at radius 1 is 0.333 bits per heavy atom. The minimum atomic E-state index is 1.12. The average Bonchev–Trinajstić information content (AvgIpc) is 3.84. The lowest BCUT2D eigenvalue weighted by Gasteiger charge is -2.27. The van der Waals surface area contributed by atoms with E-state index in [0.29, 0.717) is 0 Å². The van der Waals surface area contributed by atoms with E-state index in [1.807, 2.05) is 11.3 Å². The summed E-state index contributed by atoms with van der Waals surface area (Å²) >= 11 is 1.86. The molecule has 0 amide bonds. The topological polar surface area (TPSA) is 8.17 Å². The van der Waals surface area contributed by atoms with Crippen LogP contribution in [0.2, 0.25) is 0 Å². The predicted octanol–water partition coefficient (Wildman–Crippen LogP) is 15.6. The normalized spacial score (nSPS) is 11.5.